The van der Waals surface area contributed by atoms with E-state index in [1.54, 1.807) is 7.11 Å². The fourth-order valence-electron chi connectivity index (χ4n) is 4.12. The summed E-state index contributed by atoms with van der Waals surface area (Å²) in [7, 11) is 1.66. The van der Waals surface area contributed by atoms with E-state index in [-0.39, 0.29) is 11.9 Å². The van der Waals surface area contributed by atoms with Gasteiger partial charge in [0.2, 0.25) is 5.91 Å². The van der Waals surface area contributed by atoms with Gasteiger partial charge in [-0.25, -0.2) is 9.97 Å². The van der Waals surface area contributed by atoms with Gasteiger partial charge in [-0.3, -0.25) is 4.79 Å². The van der Waals surface area contributed by atoms with Crippen molar-refractivity contribution in [1.82, 2.24) is 20.2 Å². The molecule has 0 saturated carbocycles. The van der Waals surface area contributed by atoms with Gasteiger partial charge in [0.05, 0.1) is 25.3 Å². The number of ether oxygens (including phenoxy) is 1. The lowest BCUT2D eigenvalue weighted by Crippen LogP contribution is -2.38. The summed E-state index contributed by atoms with van der Waals surface area (Å²) in [5, 5.41) is 3.51. The van der Waals surface area contributed by atoms with E-state index < -0.39 is 0 Å². The Bertz CT molecular complexity index is 862. The second-order valence-corrected chi connectivity index (χ2v) is 7.75. The molecule has 4 rings (SSSR count). The van der Waals surface area contributed by atoms with Gasteiger partial charge < -0.3 is 15.0 Å². The van der Waals surface area contributed by atoms with Crippen molar-refractivity contribution in [1.29, 1.82) is 0 Å². The lowest BCUT2D eigenvalue weighted by atomic mass is 10.0. The second kappa shape index (κ2) is 8.27. The molecule has 1 aromatic heterocycles. The topological polar surface area (TPSA) is 67.3 Å². The fourth-order valence-corrected chi connectivity index (χ4v) is 4.12. The molecule has 2 aliphatic heterocycles. The van der Waals surface area contributed by atoms with E-state index in [1.807, 2.05) is 36.2 Å². The van der Waals surface area contributed by atoms with Crippen LogP contribution in [0.3, 0.4) is 0 Å². The third-order valence-electron chi connectivity index (χ3n) is 5.74. The van der Waals surface area contributed by atoms with Crippen LogP contribution in [0.15, 0.2) is 24.4 Å². The number of aromatic nitrogens is 2. The normalized spacial score (nSPS) is 19.2. The summed E-state index contributed by atoms with van der Waals surface area (Å²) in [4.78, 5) is 24.1. The van der Waals surface area contributed by atoms with Crippen molar-refractivity contribution in [3.63, 3.8) is 0 Å². The Kier molecular flexibility index (Phi) is 5.57. The van der Waals surface area contributed by atoms with Crippen LogP contribution in [0.4, 0.5) is 0 Å². The van der Waals surface area contributed by atoms with Gasteiger partial charge in [0, 0.05) is 31.3 Å². The third-order valence-corrected chi connectivity index (χ3v) is 5.74. The quantitative estimate of drug-likeness (QED) is 0.883. The van der Waals surface area contributed by atoms with Crippen LogP contribution in [0.25, 0.3) is 0 Å². The molecule has 6 heteroatoms. The Hall–Kier alpha value is -2.47. The monoisotopic (exact) mass is 380 g/mol. The molecule has 1 unspecified atom stereocenters. The van der Waals surface area contributed by atoms with E-state index in [1.165, 1.54) is 12.8 Å². The van der Waals surface area contributed by atoms with Gasteiger partial charge in [-0.2, -0.15) is 0 Å². The zero-order chi connectivity index (χ0) is 19.5. The molecule has 0 aliphatic carbocycles. The van der Waals surface area contributed by atoms with E-state index in [9.17, 15) is 4.79 Å². The second-order valence-electron chi connectivity index (χ2n) is 7.75. The van der Waals surface area contributed by atoms with Gasteiger partial charge in [0.25, 0.3) is 0 Å². The fraction of sp³-hybridized carbons (Fsp3) is 0.500. The minimum absolute atomic E-state index is 0.147. The number of hydrogen-bond acceptors (Lipinski definition) is 5. The lowest BCUT2D eigenvalue weighted by molar-refractivity contribution is -0.131. The van der Waals surface area contributed by atoms with Gasteiger partial charge in [-0.15, -0.1) is 0 Å². The number of hydrogen-bond donors (Lipinski definition) is 1. The maximum Gasteiger partial charge on any atom is 0.227 e. The number of methoxy groups -OCH3 is 1. The number of benzene rings is 1. The molecule has 1 N–H and O–H groups in total. The standard InChI is InChI=1S/C22H28N4O2/c1-15-11-16(6-7-20(15)28-2)12-21(27)26-10-8-18-17(14-26)13-24-22(25-18)19-5-3-4-9-23-19/h6-7,11,13,19,23H,3-5,8-10,12,14H2,1-2H3. The summed E-state index contributed by atoms with van der Waals surface area (Å²) in [6.45, 7) is 4.36. The van der Waals surface area contributed by atoms with Crippen molar-refractivity contribution in [2.75, 3.05) is 20.2 Å². The Morgan fingerprint density at radius 1 is 1.36 bits per heavy atom. The summed E-state index contributed by atoms with van der Waals surface area (Å²) in [5.74, 6) is 1.91. The van der Waals surface area contributed by atoms with E-state index in [4.69, 9.17) is 9.72 Å². The highest BCUT2D eigenvalue weighted by atomic mass is 16.5. The number of aryl methyl sites for hydroxylation is 1. The molecule has 0 radical (unpaired) electrons. The maximum absolute atomic E-state index is 12.8. The molecule has 28 heavy (non-hydrogen) atoms. The predicted octanol–water partition coefficient (Wildman–Crippen LogP) is 2.74. The van der Waals surface area contributed by atoms with E-state index in [2.05, 4.69) is 10.3 Å². The molecule has 3 heterocycles. The highest BCUT2D eigenvalue weighted by Gasteiger charge is 2.24. The van der Waals surface area contributed by atoms with Crippen LogP contribution < -0.4 is 10.1 Å². The Morgan fingerprint density at radius 3 is 3.00 bits per heavy atom. The smallest absolute Gasteiger partial charge is 0.227 e. The average Bonchev–Trinajstić information content (AvgIpc) is 2.73. The molecule has 1 saturated heterocycles. The third kappa shape index (κ3) is 4.02. The molecule has 1 amide bonds. The van der Waals surface area contributed by atoms with Crippen LogP contribution in [-0.4, -0.2) is 41.0 Å². The summed E-state index contributed by atoms with van der Waals surface area (Å²) < 4.78 is 5.30. The van der Waals surface area contributed by atoms with Gasteiger partial charge in [-0.05, 0) is 43.5 Å². The average molecular weight is 380 g/mol. The maximum atomic E-state index is 12.8. The number of nitrogens with one attached hydrogen (secondary N) is 1. The number of fused-ring (bicyclic) bond motifs is 1. The van der Waals surface area contributed by atoms with Crippen molar-refractivity contribution in [2.45, 2.75) is 51.6 Å². The molecule has 6 nitrogen and oxygen atoms in total. The van der Waals surface area contributed by atoms with Crippen molar-refractivity contribution < 1.29 is 9.53 Å². The number of rotatable bonds is 4. The predicted molar refractivity (Wildman–Crippen MR) is 107 cm³/mol. The van der Waals surface area contributed by atoms with Crippen molar-refractivity contribution in [3.8, 4) is 5.75 Å². The van der Waals surface area contributed by atoms with Crippen LogP contribution in [0.1, 0.15) is 53.5 Å². The van der Waals surface area contributed by atoms with Crippen LogP contribution in [0.5, 0.6) is 5.75 Å². The van der Waals surface area contributed by atoms with E-state index >= 15 is 0 Å². The number of piperidine rings is 1. The van der Waals surface area contributed by atoms with Gasteiger partial charge in [0.15, 0.2) is 0 Å². The summed E-state index contributed by atoms with van der Waals surface area (Å²) in [6, 6.07) is 6.20. The highest BCUT2D eigenvalue weighted by molar-refractivity contribution is 5.79. The van der Waals surface area contributed by atoms with Gasteiger partial charge in [-0.1, -0.05) is 18.6 Å². The zero-order valence-corrected chi connectivity index (χ0v) is 16.7. The molecule has 1 fully saturated rings. The number of amides is 1. The van der Waals surface area contributed by atoms with E-state index in [0.29, 0.717) is 13.0 Å². The first-order chi connectivity index (χ1) is 13.6. The number of carbonyl (C=O) groups is 1. The Balaban J connectivity index is 1.42. The molecule has 1 atom stereocenters. The Labute approximate surface area is 166 Å². The largest absolute Gasteiger partial charge is 0.496 e. The number of carbonyl (C=O) groups excluding carboxylic acids is 1. The molecular weight excluding hydrogens is 352 g/mol. The van der Waals surface area contributed by atoms with Crippen molar-refractivity contribution >= 4 is 5.91 Å². The first-order valence-corrected chi connectivity index (χ1v) is 10.1. The number of nitrogens with zero attached hydrogens (tertiary/aromatic N) is 3. The minimum Gasteiger partial charge on any atom is -0.496 e. The van der Waals surface area contributed by atoms with Crippen molar-refractivity contribution in [2.24, 2.45) is 0 Å². The van der Waals surface area contributed by atoms with Crippen LogP contribution >= 0.6 is 0 Å². The molecule has 0 spiro atoms. The SMILES string of the molecule is COc1ccc(CC(=O)N2CCc3nc(C4CCCCN4)ncc3C2)cc1C. The minimum atomic E-state index is 0.147. The molecular formula is C22H28N4O2. The van der Waals surface area contributed by atoms with Gasteiger partial charge >= 0.3 is 0 Å². The van der Waals surface area contributed by atoms with Crippen LogP contribution in [-0.2, 0) is 24.2 Å². The summed E-state index contributed by atoms with van der Waals surface area (Å²) in [5.41, 5.74) is 4.24. The Morgan fingerprint density at radius 2 is 2.25 bits per heavy atom. The highest BCUT2D eigenvalue weighted by Crippen LogP contribution is 2.24. The molecule has 148 valence electrons. The molecule has 1 aromatic carbocycles. The zero-order valence-electron chi connectivity index (χ0n) is 16.7. The lowest BCUT2D eigenvalue weighted by Gasteiger charge is -2.29. The first-order valence-electron chi connectivity index (χ1n) is 10.1. The molecule has 2 aromatic rings. The molecule has 2 aliphatic rings. The van der Waals surface area contributed by atoms with Crippen LogP contribution in [0.2, 0.25) is 0 Å². The van der Waals surface area contributed by atoms with E-state index in [0.717, 1.165) is 59.9 Å². The first kappa shape index (κ1) is 18.9. The van der Waals surface area contributed by atoms with Gasteiger partial charge in [0.1, 0.15) is 11.6 Å². The summed E-state index contributed by atoms with van der Waals surface area (Å²) in [6.07, 6.45) is 6.68. The summed E-state index contributed by atoms with van der Waals surface area (Å²) >= 11 is 0. The van der Waals surface area contributed by atoms with Crippen molar-refractivity contribution in [3.05, 3.63) is 52.6 Å². The van der Waals surface area contributed by atoms with Crippen LogP contribution in [0, 0.1) is 6.92 Å². The molecule has 0 bridgehead atoms.